The van der Waals surface area contributed by atoms with Gasteiger partial charge >= 0.3 is 0 Å². The van der Waals surface area contributed by atoms with Gasteiger partial charge in [-0.15, -0.1) is 0 Å². The molecule has 1 N–H and O–H groups in total. The molecule has 0 amide bonds. The third-order valence-electron chi connectivity index (χ3n) is 10.8. The van der Waals surface area contributed by atoms with E-state index in [0.29, 0.717) is 0 Å². The molecule has 1 aliphatic rings. The van der Waals surface area contributed by atoms with E-state index in [2.05, 4.69) is 186 Å². The Kier molecular flexibility index (Phi) is 6.58. The molecular formula is C49H32N4. The van der Waals surface area contributed by atoms with Gasteiger partial charge in [0.2, 0.25) is 0 Å². The van der Waals surface area contributed by atoms with E-state index in [-0.39, 0.29) is 0 Å². The smallest absolute Gasteiger partial charge is 0.170 e. The van der Waals surface area contributed by atoms with Gasteiger partial charge in [-0.1, -0.05) is 146 Å². The van der Waals surface area contributed by atoms with Gasteiger partial charge in [0.1, 0.15) is 11.7 Å². The SMILES string of the molecule is c1ccc(C2=NC(c3ccc(-n4c5cc6ccccc6cc5c5cc6ccccc6cc54)c4ccccc34)N=C(c3ccc4ccccc4c3)N2)cc1. The molecule has 0 radical (unpaired) electrons. The van der Waals surface area contributed by atoms with Gasteiger partial charge in [-0.2, -0.15) is 0 Å². The lowest BCUT2D eigenvalue weighted by Gasteiger charge is -2.24. The minimum absolute atomic E-state index is 0.446. The lowest BCUT2D eigenvalue weighted by Crippen LogP contribution is -2.36. The van der Waals surface area contributed by atoms with Crippen molar-refractivity contribution in [3.63, 3.8) is 0 Å². The molecule has 1 atom stereocenters. The summed E-state index contributed by atoms with van der Waals surface area (Å²) in [5.41, 5.74) is 6.63. The number of fused-ring (bicyclic) bond motifs is 7. The van der Waals surface area contributed by atoms with Crippen LogP contribution in [0.1, 0.15) is 22.9 Å². The van der Waals surface area contributed by atoms with Crippen LogP contribution in [-0.2, 0) is 0 Å². The molecule has 0 aliphatic carbocycles. The lowest BCUT2D eigenvalue weighted by atomic mass is 9.99. The summed E-state index contributed by atoms with van der Waals surface area (Å²) < 4.78 is 2.46. The highest BCUT2D eigenvalue weighted by Gasteiger charge is 2.24. The second-order valence-electron chi connectivity index (χ2n) is 13.9. The largest absolute Gasteiger partial charge is 0.324 e. The predicted octanol–water partition coefficient (Wildman–Crippen LogP) is 11.9. The van der Waals surface area contributed by atoms with E-state index >= 15 is 0 Å². The Morgan fingerprint density at radius 3 is 1.53 bits per heavy atom. The molecule has 1 aliphatic heterocycles. The maximum Gasteiger partial charge on any atom is 0.170 e. The fourth-order valence-electron chi connectivity index (χ4n) is 8.19. The van der Waals surface area contributed by atoms with Gasteiger partial charge in [-0.25, -0.2) is 9.98 Å². The lowest BCUT2D eigenvalue weighted by molar-refractivity contribution is 0.762. The Morgan fingerprint density at radius 1 is 0.377 bits per heavy atom. The maximum atomic E-state index is 5.33. The fourth-order valence-corrected chi connectivity index (χ4v) is 8.19. The molecule has 0 bridgehead atoms. The van der Waals surface area contributed by atoms with E-state index in [1.54, 1.807) is 0 Å². The number of nitrogens with one attached hydrogen (secondary N) is 1. The van der Waals surface area contributed by atoms with Crippen LogP contribution in [0.15, 0.2) is 192 Å². The summed E-state index contributed by atoms with van der Waals surface area (Å²) in [7, 11) is 0. The molecule has 10 aromatic rings. The van der Waals surface area contributed by atoms with Crippen molar-refractivity contribution in [1.29, 1.82) is 0 Å². The van der Waals surface area contributed by atoms with E-state index in [9.17, 15) is 0 Å². The molecule has 248 valence electrons. The molecule has 0 saturated heterocycles. The first kappa shape index (κ1) is 29.7. The highest BCUT2D eigenvalue weighted by molar-refractivity contribution is 6.18. The molecule has 0 fully saturated rings. The molecule has 9 aromatic carbocycles. The van der Waals surface area contributed by atoms with Crippen molar-refractivity contribution in [3.8, 4) is 5.69 Å². The van der Waals surface area contributed by atoms with Gasteiger partial charge in [0, 0.05) is 32.8 Å². The van der Waals surface area contributed by atoms with Crippen LogP contribution in [-0.4, -0.2) is 16.2 Å². The molecule has 1 aromatic heterocycles. The predicted molar refractivity (Wildman–Crippen MR) is 223 cm³/mol. The van der Waals surface area contributed by atoms with Crippen LogP contribution in [0.4, 0.5) is 0 Å². The molecule has 4 heteroatoms. The van der Waals surface area contributed by atoms with Crippen LogP contribution in [0, 0.1) is 0 Å². The highest BCUT2D eigenvalue weighted by Crippen LogP contribution is 2.40. The Labute approximate surface area is 306 Å². The Morgan fingerprint density at radius 2 is 0.887 bits per heavy atom. The summed E-state index contributed by atoms with van der Waals surface area (Å²) in [6.45, 7) is 0. The molecule has 1 unspecified atom stereocenters. The molecular weight excluding hydrogens is 645 g/mol. The van der Waals surface area contributed by atoms with Crippen molar-refractivity contribution in [2.45, 2.75) is 6.17 Å². The van der Waals surface area contributed by atoms with Gasteiger partial charge < -0.3 is 9.88 Å². The first-order valence-corrected chi connectivity index (χ1v) is 18.1. The summed E-state index contributed by atoms with van der Waals surface area (Å²) in [6.07, 6.45) is -0.446. The summed E-state index contributed by atoms with van der Waals surface area (Å²) in [5, 5.41) is 15.7. The first-order valence-electron chi connectivity index (χ1n) is 18.1. The van der Waals surface area contributed by atoms with Gasteiger partial charge in [-0.3, -0.25) is 0 Å². The zero-order valence-electron chi connectivity index (χ0n) is 28.7. The number of nitrogens with zero attached hydrogens (tertiary/aromatic N) is 3. The third kappa shape index (κ3) is 4.84. The molecule has 11 rings (SSSR count). The summed E-state index contributed by atoms with van der Waals surface area (Å²) >= 11 is 0. The van der Waals surface area contributed by atoms with Crippen LogP contribution < -0.4 is 5.32 Å². The number of hydrogen-bond acceptors (Lipinski definition) is 3. The zero-order valence-corrected chi connectivity index (χ0v) is 28.7. The number of hydrogen-bond donors (Lipinski definition) is 1. The minimum atomic E-state index is -0.446. The molecule has 4 nitrogen and oxygen atoms in total. The van der Waals surface area contributed by atoms with Crippen LogP contribution in [0.5, 0.6) is 0 Å². The summed E-state index contributed by atoms with van der Waals surface area (Å²) in [6, 6.07) is 65.3. The van der Waals surface area contributed by atoms with Gasteiger partial charge in [0.05, 0.1) is 16.7 Å². The maximum absolute atomic E-state index is 5.33. The van der Waals surface area contributed by atoms with Crippen molar-refractivity contribution >= 4 is 76.6 Å². The van der Waals surface area contributed by atoms with E-state index in [0.717, 1.165) is 44.8 Å². The molecule has 0 spiro atoms. The van der Waals surface area contributed by atoms with Gasteiger partial charge in [0.15, 0.2) is 6.17 Å². The zero-order chi connectivity index (χ0) is 34.9. The van der Waals surface area contributed by atoms with E-state index in [1.807, 2.05) is 6.07 Å². The van der Waals surface area contributed by atoms with Crippen molar-refractivity contribution in [3.05, 3.63) is 199 Å². The van der Waals surface area contributed by atoms with E-state index in [1.165, 1.54) is 54.1 Å². The standard InChI is InChI=1S/C49H32N4/c1-2-13-32(14-3-1)47-50-48(38-23-22-31-12-4-5-15-33(31)26-38)52-49(51-47)41-24-25-44(40-21-11-10-20-39(40)41)53-45-29-36-18-8-6-16-34(36)27-42(45)43-28-35-17-7-9-19-37(35)30-46(43)53/h1-30,49H,(H,50,51,52). The highest BCUT2D eigenvalue weighted by atomic mass is 15.2. The monoisotopic (exact) mass is 676 g/mol. The van der Waals surface area contributed by atoms with Gasteiger partial charge in [-0.05, 0) is 74.1 Å². The average Bonchev–Trinajstić information content (AvgIpc) is 3.52. The second-order valence-corrected chi connectivity index (χ2v) is 13.9. The number of amidine groups is 2. The Bertz CT molecular complexity index is 3060. The van der Waals surface area contributed by atoms with E-state index in [4.69, 9.17) is 9.98 Å². The number of aromatic nitrogens is 1. The molecule has 0 saturated carbocycles. The summed E-state index contributed by atoms with van der Waals surface area (Å²) in [5.74, 6) is 1.62. The second kappa shape index (κ2) is 11.8. The third-order valence-corrected chi connectivity index (χ3v) is 10.8. The van der Waals surface area contributed by atoms with Crippen LogP contribution in [0.2, 0.25) is 0 Å². The Balaban J connectivity index is 1.15. The van der Waals surface area contributed by atoms with Crippen molar-refractivity contribution in [1.82, 2.24) is 9.88 Å². The van der Waals surface area contributed by atoms with Crippen LogP contribution in [0.3, 0.4) is 0 Å². The van der Waals surface area contributed by atoms with Gasteiger partial charge in [0.25, 0.3) is 0 Å². The van der Waals surface area contributed by atoms with Crippen LogP contribution in [0.25, 0.3) is 70.6 Å². The van der Waals surface area contributed by atoms with Crippen molar-refractivity contribution in [2.24, 2.45) is 9.98 Å². The quantitative estimate of drug-likeness (QED) is 0.198. The number of benzene rings is 9. The fraction of sp³-hybridized carbons (Fsp3) is 0.0204. The topological polar surface area (TPSA) is 41.7 Å². The van der Waals surface area contributed by atoms with E-state index < -0.39 is 6.17 Å². The molecule has 2 heterocycles. The first-order chi connectivity index (χ1) is 26.2. The minimum Gasteiger partial charge on any atom is -0.324 e. The van der Waals surface area contributed by atoms with Crippen LogP contribution >= 0.6 is 0 Å². The van der Waals surface area contributed by atoms with Crippen molar-refractivity contribution in [2.75, 3.05) is 0 Å². The normalized spacial score (nSPS) is 14.6. The average molecular weight is 677 g/mol. The number of rotatable bonds is 4. The molecule has 53 heavy (non-hydrogen) atoms. The van der Waals surface area contributed by atoms with Crippen molar-refractivity contribution < 1.29 is 0 Å². The number of aliphatic imine (C=N–C) groups is 2. The summed E-state index contributed by atoms with van der Waals surface area (Å²) in [4.78, 5) is 10.6. The Hall–Kier alpha value is -7.04.